The van der Waals surface area contributed by atoms with E-state index in [1.54, 1.807) is 0 Å². The number of ether oxygens (including phenoxy) is 1. The maximum atomic E-state index is 5.98. The van der Waals surface area contributed by atoms with Gasteiger partial charge in [-0.05, 0) is 49.8 Å². The molecule has 3 heteroatoms. The van der Waals surface area contributed by atoms with Gasteiger partial charge in [-0.25, -0.2) is 0 Å². The molecular weight excluding hydrogens is 258 g/mol. The lowest BCUT2D eigenvalue weighted by Gasteiger charge is -2.43. The van der Waals surface area contributed by atoms with Crippen molar-refractivity contribution in [3.63, 3.8) is 0 Å². The summed E-state index contributed by atoms with van der Waals surface area (Å²) in [6.07, 6.45) is 6.75. The van der Waals surface area contributed by atoms with Crippen LogP contribution in [0.3, 0.4) is 0 Å². The first-order valence-corrected chi connectivity index (χ1v) is 7.75. The zero-order chi connectivity index (χ0) is 13.1. The Morgan fingerprint density at radius 1 is 1.26 bits per heavy atom. The average molecular weight is 280 g/mol. The fraction of sp³-hybridized carbons (Fsp3) is 0.625. The van der Waals surface area contributed by atoms with E-state index in [0.29, 0.717) is 11.5 Å². The minimum atomic E-state index is 0.337. The Bertz CT molecular complexity index is 407. The maximum absolute atomic E-state index is 5.98. The Hall–Kier alpha value is -0.570. The predicted octanol–water partition coefficient (Wildman–Crippen LogP) is 3.53. The number of nitrogens with one attached hydrogen (secondary N) is 1. The van der Waals surface area contributed by atoms with Gasteiger partial charge < -0.3 is 10.1 Å². The molecule has 0 radical (unpaired) electrons. The van der Waals surface area contributed by atoms with Gasteiger partial charge in [-0.2, -0.15) is 0 Å². The molecule has 1 atom stereocenters. The molecule has 0 spiro atoms. The van der Waals surface area contributed by atoms with E-state index in [1.165, 1.54) is 37.7 Å². The molecule has 19 heavy (non-hydrogen) atoms. The van der Waals surface area contributed by atoms with Gasteiger partial charge in [0.05, 0.1) is 6.10 Å². The van der Waals surface area contributed by atoms with E-state index in [1.807, 2.05) is 12.1 Å². The van der Waals surface area contributed by atoms with Gasteiger partial charge in [0.2, 0.25) is 0 Å². The molecule has 0 amide bonds. The number of hydrogen-bond acceptors (Lipinski definition) is 2. The average Bonchev–Trinajstić information content (AvgIpc) is 2.87. The summed E-state index contributed by atoms with van der Waals surface area (Å²) in [6, 6.07) is 8.40. The summed E-state index contributed by atoms with van der Waals surface area (Å²) in [5.74, 6) is 0. The van der Waals surface area contributed by atoms with Crippen LogP contribution < -0.4 is 5.32 Å². The van der Waals surface area contributed by atoms with Crippen LogP contribution in [0.1, 0.15) is 37.7 Å². The molecule has 104 valence electrons. The van der Waals surface area contributed by atoms with Crippen LogP contribution in [0.15, 0.2) is 24.3 Å². The highest BCUT2D eigenvalue weighted by molar-refractivity contribution is 6.30. The number of hydrogen-bond donors (Lipinski definition) is 1. The Kier molecular flexibility index (Phi) is 4.11. The summed E-state index contributed by atoms with van der Waals surface area (Å²) in [6.45, 7) is 3.16. The van der Waals surface area contributed by atoms with Crippen LogP contribution in [-0.2, 0) is 10.2 Å². The van der Waals surface area contributed by atoms with Gasteiger partial charge >= 0.3 is 0 Å². The summed E-state index contributed by atoms with van der Waals surface area (Å²) in [5, 5.41) is 4.25. The van der Waals surface area contributed by atoms with Crippen molar-refractivity contribution in [2.24, 2.45) is 0 Å². The van der Waals surface area contributed by atoms with Crippen LogP contribution in [0.25, 0.3) is 0 Å². The molecule has 2 heterocycles. The van der Waals surface area contributed by atoms with E-state index in [2.05, 4.69) is 17.4 Å². The fourth-order valence-electron chi connectivity index (χ4n) is 3.30. The SMILES string of the molecule is Clc1ccc(C2(CCCC3CCCO3)CNC2)cc1. The largest absolute Gasteiger partial charge is 0.378 e. The molecule has 2 aliphatic heterocycles. The van der Waals surface area contributed by atoms with Gasteiger partial charge in [0, 0.05) is 30.1 Å². The summed E-state index contributed by atoms with van der Waals surface area (Å²) in [4.78, 5) is 0. The fourth-order valence-corrected chi connectivity index (χ4v) is 3.42. The minimum Gasteiger partial charge on any atom is -0.378 e. The van der Waals surface area contributed by atoms with Crippen molar-refractivity contribution < 1.29 is 4.74 Å². The molecule has 2 fully saturated rings. The quantitative estimate of drug-likeness (QED) is 0.890. The third-order valence-electron chi connectivity index (χ3n) is 4.59. The minimum absolute atomic E-state index is 0.337. The monoisotopic (exact) mass is 279 g/mol. The summed E-state index contributed by atoms with van der Waals surface area (Å²) in [5.41, 5.74) is 1.77. The standard InChI is InChI=1S/C16H22ClNO/c17-14-7-5-13(6-8-14)16(11-18-12-16)9-1-3-15-4-2-10-19-15/h5-8,15,18H,1-4,9-12H2. The molecule has 1 N–H and O–H groups in total. The maximum Gasteiger partial charge on any atom is 0.0576 e. The highest BCUT2D eigenvalue weighted by Gasteiger charge is 2.38. The molecule has 3 rings (SSSR count). The predicted molar refractivity (Wildman–Crippen MR) is 78.8 cm³/mol. The number of benzene rings is 1. The van der Waals surface area contributed by atoms with Gasteiger partial charge in [0.15, 0.2) is 0 Å². The summed E-state index contributed by atoms with van der Waals surface area (Å²) in [7, 11) is 0. The smallest absolute Gasteiger partial charge is 0.0576 e. The zero-order valence-electron chi connectivity index (χ0n) is 11.3. The Morgan fingerprint density at radius 3 is 2.63 bits per heavy atom. The Labute approximate surface area is 120 Å². The summed E-state index contributed by atoms with van der Waals surface area (Å²) >= 11 is 5.98. The molecule has 1 aromatic carbocycles. The second-order valence-electron chi connectivity index (χ2n) is 5.92. The molecule has 0 aliphatic carbocycles. The molecule has 1 unspecified atom stereocenters. The van der Waals surface area contributed by atoms with Crippen LogP contribution in [0.4, 0.5) is 0 Å². The molecular formula is C16H22ClNO. The second kappa shape index (κ2) is 5.82. The van der Waals surface area contributed by atoms with E-state index < -0.39 is 0 Å². The van der Waals surface area contributed by atoms with E-state index in [-0.39, 0.29) is 0 Å². The topological polar surface area (TPSA) is 21.3 Å². The van der Waals surface area contributed by atoms with Crippen LogP contribution in [-0.4, -0.2) is 25.8 Å². The van der Waals surface area contributed by atoms with E-state index in [9.17, 15) is 0 Å². The van der Waals surface area contributed by atoms with E-state index in [0.717, 1.165) is 24.7 Å². The lowest BCUT2D eigenvalue weighted by molar-refractivity contribution is 0.0980. The molecule has 1 aromatic rings. The highest BCUT2D eigenvalue weighted by Crippen LogP contribution is 2.35. The van der Waals surface area contributed by atoms with Gasteiger partial charge in [0.1, 0.15) is 0 Å². The Balaban J connectivity index is 1.58. The highest BCUT2D eigenvalue weighted by atomic mass is 35.5. The molecule has 2 nitrogen and oxygen atoms in total. The van der Waals surface area contributed by atoms with Crippen molar-refractivity contribution in [2.45, 2.75) is 43.6 Å². The van der Waals surface area contributed by atoms with Crippen LogP contribution in [0, 0.1) is 0 Å². The third kappa shape index (κ3) is 2.96. The van der Waals surface area contributed by atoms with Crippen molar-refractivity contribution in [1.29, 1.82) is 0 Å². The first kappa shape index (κ1) is 13.4. The molecule has 2 saturated heterocycles. The summed E-state index contributed by atoms with van der Waals surface area (Å²) < 4.78 is 5.71. The van der Waals surface area contributed by atoms with E-state index >= 15 is 0 Å². The van der Waals surface area contributed by atoms with E-state index in [4.69, 9.17) is 16.3 Å². The lowest BCUT2D eigenvalue weighted by atomic mass is 9.71. The van der Waals surface area contributed by atoms with Crippen molar-refractivity contribution in [3.05, 3.63) is 34.9 Å². The molecule has 0 aromatic heterocycles. The number of halogens is 1. The van der Waals surface area contributed by atoms with Gasteiger partial charge in [-0.15, -0.1) is 0 Å². The van der Waals surface area contributed by atoms with Crippen LogP contribution in [0.2, 0.25) is 5.02 Å². The first-order chi connectivity index (χ1) is 9.28. The van der Waals surface area contributed by atoms with Crippen LogP contribution in [0.5, 0.6) is 0 Å². The third-order valence-corrected chi connectivity index (χ3v) is 4.84. The van der Waals surface area contributed by atoms with Crippen molar-refractivity contribution in [2.75, 3.05) is 19.7 Å². The van der Waals surface area contributed by atoms with Crippen molar-refractivity contribution in [3.8, 4) is 0 Å². The molecule has 2 aliphatic rings. The zero-order valence-corrected chi connectivity index (χ0v) is 12.1. The molecule has 0 saturated carbocycles. The first-order valence-electron chi connectivity index (χ1n) is 7.37. The number of rotatable bonds is 5. The Morgan fingerprint density at radius 2 is 2.05 bits per heavy atom. The second-order valence-corrected chi connectivity index (χ2v) is 6.35. The van der Waals surface area contributed by atoms with Crippen molar-refractivity contribution >= 4 is 11.6 Å². The van der Waals surface area contributed by atoms with Gasteiger partial charge in [-0.3, -0.25) is 0 Å². The van der Waals surface area contributed by atoms with Gasteiger partial charge in [0.25, 0.3) is 0 Å². The van der Waals surface area contributed by atoms with Crippen LogP contribution >= 0.6 is 11.6 Å². The normalized spacial score (nSPS) is 25.2. The van der Waals surface area contributed by atoms with Crippen molar-refractivity contribution in [1.82, 2.24) is 5.32 Å². The van der Waals surface area contributed by atoms with Gasteiger partial charge in [-0.1, -0.05) is 23.7 Å². The molecule has 0 bridgehead atoms. The lowest BCUT2D eigenvalue weighted by Crippen LogP contribution is -2.56.